The number of aromatic nitrogens is 3. The first-order chi connectivity index (χ1) is 17.0. The molecule has 7 nitrogen and oxygen atoms in total. The van der Waals surface area contributed by atoms with Gasteiger partial charge in [0.05, 0.1) is 12.6 Å². The Balaban J connectivity index is 1.42. The Morgan fingerprint density at radius 1 is 1.06 bits per heavy atom. The summed E-state index contributed by atoms with van der Waals surface area (Å²) in [6.45, 7) is 4.84. The third-order valence-electron chi connectivity index (χ3n) is 7.31. The van der Waals surface area contributed by atoms with E-state index in [0.717, 1.165) is 80.6 Å². The Labute approximate surface area is 204 Å². The molecule has 1 aliphatic carbocycles. The van der Waals surface area contributed by atoms with Crippen molar-refractivity contribution in [2.24, 2.45) is 0 Å². The van der Waals surface area contributed by atoms with Crippen molar-refractivity contribution >= 4 is 17.0 Å². The van der Waals surface area contributed by atoms with Crippen LogP contribution in [0.15, 0.2) is 36.7 Å². The summed E-state index contributed by atoms with van der Waals surface area (Å²) in [6, 6.07) is 8.89. The van der Waals surface area contributed by atoms with Crippen molar-refractivity contribution < 1.29 is 13.9 Å². The zero-order valence-electron chi connectivity index (χ0n) is 20.2. The summed E-state index contributed by atoms with van der Waals surface area (Å²) in [7, 11) is 2.17. The summed E-state index contributed by atoms with van der Waals surface area (Å²) >= 11 is 0. The van der Waals surface area contributed by atoms with Gasteiger partial charge in [-0.1, -0.05) is 24.3 Å². The van der Waals surface area contributed by atoms with E-state index in [1.54, 1.807) is 6.20 Å². The minimum atomic E-state index is -2.47. The third-order valence-corrected chi connectivity index (χ3v) is 7.31. The van der Waals surface area contributed by atoms with E-state index in [0.29, 0.717) is 0 Å². The number of nitrogens with zero attached hydrogens (tertiary/aromatic N) is 5. The molecule has 1 saturated heterocycles. The lowest BCUT2D eigenvalue weighted by Crippen LogP contribution is -2.43. The van der Waals surface area contributed by atoms with Crippen molar-refractivity contribution in [1.82, 2.24) is 24.3 Å². The van der Waals surface area contributed by atoms with Gasteiger partial charge in [-0.05, 0) is 43.9 Å². The molecule has 2 aromatic heterocycles. The minimum absolute atomic E-state index is 0.210. The number of piperazine rings is 1. The number of aliphatic hydroxyl groups excluding tert-OH is 1. The zero-order valence-corrected chi connectivity index (χ0v) is 20.2. The molecule has 35 heavy (non-hydrogen) atoms. The number of halogens is 2. The quantitative estimate of drug-likeness (QED) is 0.528. The highest BCUT2D eigenvalue weighted by atomic mass is 19.3. The van der Waals surface area contributed by atoms with Crippen LogP contribution in [0.5, 0.6) is 0 Å². The number of nitrogens with one attached hydrogen (secondary N) is 1. The van der Waals surface area contributed by atoms with E-state index in [4.69, 9.17) is 0 Å². The van der Waals surface area contributed by atoms with Crippen molar-refractivity contribution in [3.63, 3.8) is 0 Å². The molecule has 9 heteroatoms. The van der Waals surface area contributed by atoms with Crippen LogP contribution in [-0.2, 0) is 6.54 Å². The molecule has 2 N–H and O–H groups in total. The topological polar surface area (TPSA) is 69.5 Å². The normalized spacial score (nSPS) is 22.2. The summed E-state index contributed by atoms with van der Waals surface area (Å²) in [5.74, 6) is 0.210. The minimum Gasteiger partial charge on any atom is -0.393 e. The average molecular weight is 485 g/mol. The fourth-order valence-electron chi connectivity index (χ4n) is 5.18. The van der Waals surface area contributed by atoms with Crippen LogP contribution in [0.2, 0.25) is 0 Å². The predicted molar refractivity (Wildman–Crippen MR) is 134 cm³/mol. The highest BCUT2D eigenvalue weighted by Crippen LogP contribution is 2.36. The molecule has 188 valence electrons. The molecule has 0 amide bonds. The SMILES string of the molecule is CN1CCN(Cc2ccc(-c3cn([C@H]4CC[C@H](O)CC4)c4nc(NCC(F)F)ncc34)cc2)CC1. The molecule has 3 aromatic rings. The molecule has 1 aromatic carbocycles. The molecule has 0 unspecified atom stereocenters. The number of fused-ring (bicyclic) bond motifs is 1. The Morgan fingerprint density at radius 2 is 1.77 bits per heavy atom. The van der Waals surface area contributed by atoms with Gasteiger partial charge >= 0.3 is 0 Å². The molecule has 2 fully saturated rings. The van der Waals surface area contributed by atoms with Crippen LogP contribution >= 0.6 is 0 Å². The number of likely N-dealkylation sites (N-methyl/N-ethyl adjacent to an activating group) is 1. The van der Waals surface area contributed by atoms with Gasteiger partial charge in [-0.15, -0.1) is 0 Å². The van der Waals surface area contributed by atoms with E-state index < -0.39 is 13.0 Å². The molecule has 3 heterocycles. The van der Waals surface area contributed by atoms with Gasteiger partial charge in [-0.25, -0.2) is 13.8 Å². The summed E-state index contributed by atoms with van der Waals surface area (Å²) < 4.78 is 27.6. The van der Waals surface area contributed by atoms with Crippen LogP contribution < -0.4 is 5.32 Å². The molecule has 0 radical (unpaired) electrons. The second kappa shape index (κ2) is 10.6. The van der Waals surface area contributed by atoms with Crippen molar-refractivity contribution in [3.8, 4) is 11.1 Å². The van der Waals surface area contributed by atoms with Crippen LogP contribution in [0.4, 0.5) is 14.7 Å². The second-order valence-corrected chi connectivity index (χ2v) is 9.89. The summed E-state index contributed by atoms with van der Waals surface area (Å²) in [5.41, 5.74) is 4.16. The Kier molecular flexibility index (Phi) is 7.27. The van der Waals surface area contributed by atoms with Gasteiger partial charge < -0.3 is 19.9 Å². The van der Waals surface area contributed by atoms with Gasteiger partial charge in [0.1, 0.15) is 5.65 Å². The number of rotatable bonds is 7. The molecule has 1 aliphatic heterocycles. The Hall–Kier alpha value is -2.62. The summed E-state index contributed by atoms with van der Waals surface area (Å²) in [5, 5.41) is 13.5. The maximum atomic E-state index is 12.7. The van der Waals surface area contributed by atoms with Gasteiger partial charge in [0.15, 0.2) is 0 Å². The van der Waals surface area contributed by atoms with E-state index >= 15 is 0 Å². The molecule has 5 rings (SSSR count). The maximum Gasteiger partial charge on any atom is 0.255 e. The first-order valence-corrected chi connectivity index (χ1v) is 12.5. The zero-order chi connectivity index (χ0) is 24.4. The lowest BCUT2D eigenvalue weighted by atomic mass is 9.93. The molecule has 0 spiro atoms. The van der Waals surface area contributed by atoms with Crippen LogP contribution in [0.1, 0.15) is 37.3 Å². The van der Waals surface area contributed by atoms with Crippen molar-refractivity contribution in [2.75, 3.05) is 45.1 Å². The highest BCUT2D eigenvalue weighted by Gasteiger charge is 2.24. The molecule has 2 aliphatic rings. The molecular weight excluding hydrogens is 450 g/mol. The molecule has 0 bridgehead atoms. The molecular formula is C26H34F2N6O. The van der Waals surface area contributed by atoms with Crippen LogP contribution in [-0.4, -0.2) is 81.7 Å². The summed E-state index contributed by atoms with van der Waals surface area (Å²) in [4.78, 5) is 13.8. The number of benzene rings is 1. The van der Waals surface area contributed by atoms with E-state index in [1.165, 1.54) is 5.56 Å². The average Bonchev–Trinajstić information content (AvgIpc) is 3.24. The van der Waals surface area contributed by atoms with Crippen LogP contribution in [0.25, 0.3) is 22.2 Å². The van der Waals surface area contributed by atoms with Crippen LogP contribution in [0.3, 0.4) is 0 Å². The van der Waals surface area contributed by atoms with E-state index in [2.05, 4.69) is 67.2 Å². The number of hydrogen-bond acceptors (Lipinski definition) is 6. The maximum absolute atomic E-state index is 12.7. The lowest BCUT2D eigenvalue weighted by Gasteiger charge is -2.32. The van der Waals surface area contributed by atoms with Gasteiger partial charge in [0.25, 0.3) is 6.43 Å². The standard InChI is InChI=1S/C26H34F2N6O/c1-32-10-12-33(13-11-32)16-18-2-4-19(5-3-18)23-17-34(20-6-8-21(35)9-7-20)25-22(23)14-29-26(31-25)30-15-24(27)28/h2-5,14,17,20-21,24,35H,6-13,15-16H2,1H3,(H,29,30,31)/t20-,21-. The van der Waals surface area contributed by atoms with E-state index in [-0.39, 0.29) is 18.1 Å². The van der Waals surface area contributed by atoms with Gasteiger partial charge in [0.2, 0.25) is 5.95 Å². The van der Waals surface area contributed by atoms with Crippen LogP contribution in [0, 0.1) is 0 Å². The highest BCUT2D eigenvalue weighted by molar-refractivity contribution is 5.94. The van der Waals surface area contributed by atoms with E-state index in [1.807, 2.05) is 0 Å². The summed E-state index contributed by atoms with van der Waals surface area (Å²) in [6.07, 6.45) is 4.35. The number of aliphatic hydroxyl groups is 1. The number of alkyl halides is 2. The van der Waals surface area contributed by atoms with Gasteiger partial charge in [-0.2, -0.15) is 4.98 Å². The Morgan fingerprint density at radius 3 is 2.46 bits per heavy atom. The van der Waals surface area contributed by atoms with E-state index in [9.17, 15) is 13.9 Å². The number of anilines is 1. The predicted octanol–water partition coefficient (Wildman–Crippen LogP) is 4.00. The largest absolute Gasteiger partial charge is 0.393 e. The van der Waals surface area contributed by atoms with Crippen molar-refractivity contribution in [2.45, 2.75) is 50.8 Å². The van der Waals surface area contributed by atoms with Gasteiger partial charge in [-0.3, -0.25) is 4.90 Å². The third kappa shape index (κ3) is 5.63. The first-order valence-electron chi connectivity index (χ1n) is 12.5. The second-order valence-electron chi connectivity index (χ2n) is 9.89. The number of hydrogen-bond donors (Lipinski definition) is 2. The van der Waals surface area contributed by atoms with Gasteiger partial charge in [0, 0.05) is 62.1 Å². The fourth-order valence-corrected chi connectivity index (χ4v) is 5.18. The molecule has 1 saturated carbocycles. The smallest absolute Gasteiger partial charge is 0.255 e. The van der Waals surface area contributed by atoms with Crippen molar-refractivity contribution in [3.05, 3.63) is 42.2 Å². The molecule has 0 atom stereocenters. The fraction of sp³-hybridized carbons (Fsp3) is 0.538. The monoisotopic (exact) mass is 484 g/mol. The van der Waals surface area contributed by atoms with Crippen molar-refractivity contribution in [1.29, 1.82) is 0 Å². The lowest BCUT2D eigenvalue weighted by molar-refractivity contribution is 0.111. The first kappa shape index (κ1) is 24.1. The Bertz CT molecular complexity index is 1120.